The van der Waals surface area contributed by atoms with Crippen LogP contribution in [0.5, 0.6) is 0 Å². The molecule has 0 saturated carbocycles. The molecule has 1 unspecified atom stereocenters. The molecule has 0 spiro atoms. The summed E-state index contributed by atoms with van der Waals surface area (Å²) in [5.74, 6) is -1.55. The maximum atomic E-state index is 12.7. The molecule has 26 heavy (non-hydrogen) atoms. The van der Waals surface area contributed by atoms with Gasteiger partial charge in [-0.3, -0.25) is 4.79 Å². The van der Waals surface area contributed by atoms with Gasteiger partial charge in [0.1, 0.15) is 6.10 Å². The number of carboxylic acid groups (broad SMARTS) is 1. The summed E-state index contributed by atoms with van der Waals surface area (Å²) >= 11 is 0. The first-order valence-electron chi connectivity index (χ1n) is 8.99. The molecule has 1 rings (SSSR count). The van der Waals surface area contributed by atoms with Crippen molar-refractivity contribution in [2.24, 2.45) is 10.8 Å². The number of piperidine rings is 1. The first kappa shape index (κ1) is 25.5. The molecule has 1 saturated heterocycles. The SMILES string of the molecule is CCC(C)(CC(C)(C)C(=O)OC1CC(C)(C)N(O)C(C)(C)C1)C(=O)[O-].[Li+]. The Morgan fingerprint density at radius 3 is 1.92 bits per heavy atom. The van der Waals surface area contributed by atoms with E-state index in [0.29, 0.717) is 19.3 Å². The minimum absolute atomic E-state index is 0. The number of aliphatic carboxylic acids is 1. The van der Waals surface area contributed by atoms with Crippen molar-refractivity contribution in [1.82, 2.24) is 5.06 Å². The fraction of sp³-hybridized carbons (Fsp3) is 0.895. The van der Waals surface area contributed by atoms with Crippen LogP contribution in [-0.2, 0) is 14.3 Å². The second kappa shape index (κ2) is 8.22. The summed E-state index contributed by atoms with van der Waals surface area (Å²) in [5, 5.41) is 23.1. The van der Waals surface area contributed by atoms with Crippen LogP contribution in [0.1, 0.15) is 81.1 Å². The topological polar surface area (TPSA) is 89.9 Å². The van der Waals surface area contributed by atoms with Gasteiger partial charge in [-0.25, -0.2) is 0 Å². The number of hydrogen-bond acceptors (Lipinski definition) is 6. The number of nitrogens with zero attached hydrogens (tertiary/aromatic N) is 1. The van der Waals surface area contributed by atoms with Crippen molar-refractivity contribution in [2.75, 3.05) is 0 Å². The Morgan fingerprint density at radius 2 is 1.58 bits per heavy atom. The van der Waals surface area contributed by atoms with Crippen LogP contribution in [0.3, 0.4) is 0 Å². The molecule has 0 aliphatic carbocycles. The predicted octanol–water partition coefficient (Wildman–Crippen LogP) is -0.473. The van der Waals surface area contributed by atoms with Crippen LogP contribution in [0.25, 0.3) is 0 Å². The van der Waals surface area contributed by atoms with Crippen LogP contribution >= 0.6 is 0 Å². The van der Waals surface area contributed by atoms with E-state index in [4.69, 9.17) is 4.74 Å². The summed E-state index contributed by atoms with van der Waals surface area (Å²) in [4.78, 5) is 24.2. The molecule has 6 nitrogen and oxygen atoms in total. The van der Waals surface area contributed by atoms with Gasteiger partial charge in [-0.2, -0.15) is 5.06 Å². The maximum absolute atomic E-state index is 12.7. The number of ether oxygens (including phenoxy) is 1. The molecule has 1 aliphatic heterocycles. The van der Waals surface area contributed by atoms with Crippen molar-refractivity contribution in [3.63, 3.8) is 0 Å². The summed E-state index contributed by atoms with van der Waals surface area (Å²) in [7, 11) is 0. The third-order valence-electron chi connectivity index (χ3n) is 5.53. The predicted molar refractivity (Wildman–Crippen MR) is 92.7 cm³/mol. The first-order chi connectivity index (χ1) is 11.1. The third-order valence-corrected chi connectivity index (χ3v) is 5.53. The number of esters is 1. The summed E-state index contributed by atoms with van der Waals surface area (Å²) < 4.78 is 5.76. The second-order valence-electron chi connectivity index (χ2n) is 9.63. The molecule has 1 aliphatic rings. The maximum Gasteiger partial charge on any atom is 1.00 e. The van der Waals surface area contributed by atoms with E-state index in [1.807, 2.05) is 27.7 Å². The zero-order chi connectivity index (χ0) is 19.8. The van der Waals surface area contributed by atoms with E-state index in [1.54, 1.807) is 27.7 Å². The summed E-state index contributed by atoms with van der Waals surface area (Å²) in [6.07, 6.45) is 1.25. The Bertz CT molecular complexity index is 514. The molecule has 7 heteroatoms. The van der Waals surface area contributed by atoms with Gasteiger partial charge >= 0.3 is 24.8 Å². The Kier molecular flexibility index (Phi) is 8.05. The van der Waals surface area contributed by atoms with Crippen LogP contribution in [0.4, 0.5) is 0 Å². The van der Waals surface area contributed by atoms with Crippen LogP contribution in [0, 0.1) is 10.8 Å². The van der Waals surface area contributed by atoms with Gasteiger partial charge in [0.25, 0.3) is 0 Å². The van der Waals surface area contributed by atoms with Gasteiger partial charge < -0.3 is 19.8 Å². The standard InChI is InChI=1S/C19H35NO5.Li/c1-9-19(8,14(21)22)12-16(2,3)15(23)25-13-10-17(4,5)20(24)18(6,7)11-13;/h13,24H,9-12H2,1-8H3,(H,21,22);/q;+1/p-1. The number of carbonyl (C=O) groups excluding carboxylic acids is 2. The van der Waals surface area contributed by atoms with E-state index < -0.39 is 33.8 Å². The molecule has 0 amide bonds. The minimum atomic E-state index is -1.15. The largest absolute Gasteiger partial charge is 1.00 e. The zero-order valence-electron chi connectivity index (χ0n) is 17.9. The molecule has 0 aromatic carbocycles. The fourth-order valence-electron chi connectivity index (χ4n) is 3.96. The normalized spacial score (nSPS) is 22.8. The van der Waals surface area contributed by atoms with Crippen LogP contribution in [0.15, 0.2) is 0 Å². The Hall–Kier alpha value is -0.543. The molecular weight excluding hydrogens is 329 g/mol. The fourth-order valence-corrected chi connectivity index (χ4v) is 3.96. The van der Waals surface area contributed by atoms with Crippen molar-refractivity contribution >= 4 is 11.9 Å². The molecule has 1 atom stereocenters. The molecule has 0 aromatic rings. The van der Waals surface area contributed by atoms with Crippen molar-refractivity contribution < 1.29 is 43.5 Å². The molecular formula is C19H34LiNO5. The molecule has 0 radical (unpaired) electrons. The minimum Gasteiger partial charge on any atom is -0.550 e. The summed E-state index contributed by atoms with van der Waals surface area (Å²) in [6, 6.07) is 0. The monoisotopic (exact) mass is 363 g/mol. The summed E-state index contributed by atoms with van der Waals surface area (Å²) in [5.41, 5.74) is -3.04. The van der Waals surface area contributed by atoms with Crippen LogP contribution in [-0.4, -0.2) is 39.4 Å². The third kappa shape index (κ3) is 5.48. The van der Waals surface area contributed by atoms with Crippen molar-refractivity contribution in [3.05, 3.63) is 0 Å². The van der Waals surface area contributed by atoms with E-state index >= 15 is 0 Å². The molecule has 0 bridgehead atoms. The molecule has 146 valence electrons. The van der Waals surface area contributed by atoms with E-state index in [0.717, 1.165) is 0 Å². The Balaban J connectivity index is 0.00000625. The summed E-state index contributed by atoms with van der Waals surface area (Å²) in [6.45, 7) is 14.4. The van der Waals surface area contributed by atoms with Gasteiger partial charge in [-0.05, 0) is 54.4 Å². The van der Waals surface area contributed by atoms with Gasteiger partial charge in [-0.1, -0.05) is 13.8 Å². The van der Waals surface area contributed by atoms with Gasteiger partial charge in [0, 0.05) is 35.3 Å². The van der Waals surface area contributed by atoms with E-state index in [-0.39, 0.29) is 31.4 Å². The number of hydroxylamine groups is 2. The smallest absolute Gasteiger partial charge is 0.550 e. The van der Waals surface area contributed by atoms with E-state index in [9.17, 15) is 19.9 Å². The van der Waals surface area contributed by atoms with Crippen LogP contribution < -0.4 is 24.0 Å². The first-order valence-corrected chi connectivity index (χ1v) is 8.99. The van der Waals surface area contributed by atoms with Gasteiger partial charge in [0.2, 0.25) is 0 Å². The number of rotatable bonds is 6. The van der Waals surface area contributed by atoms with Crippen molar-refractivity contribution in [3.8, 4) is 0 Å². The van der Waals surface area contributed by atoms with E-state index in [1.165, 1.54) is 5.06 Å². The Labute approximate surface area is 169 Å². The van der Waals surface area contributed by atoms with Gasteiger partial charge in [-0.15, -0.1) is 0 Å². The average Bonchev–Trinajstić information content (AvgIpc) is 2.43. The van der Waals surface area contributed by atoms with E-state index in [2.05, 4.69) is 0 Å². The average molecular weight is 363 g/mol. The van der Waals surface area contributed by atoms with Gasteiger partial charge in [0.15, 0.2) is 0 Å². The molecule has 1 N–H and O–H groups in total. The number of hydrogen-bond donors (Lipinski definition) is 1. The zero-order valence-corrected chi connectivity index (χ0v) is 17.9. The molecule has 0 aromatic heterocycles. The molecule has 1 fully saturated rings. The van der Waals surface area contributed by atoms with Crippen molar-refractivity contribution in [2.45, 2.75) is 98.3 Å². The number of carboxylic acids is 1. The number of carbonyl (C=O) groups is 2. The second-order valence-corrected chi connectivity index (χ2v) is 9.63. The van der Waals surface area contributed by atoms with Gasteiger partial charge in [0.05, 0.1) is 5.41 Å². The Morgan fingerprint density at radius 1 is 1.15 bits per heavy atom. The molecule has 1 heterocycles. The van der Waals surface area contributed by atoms with Crippen LogP contribution in [0.2, 0.25) is 0 Å². The van der Waals surface area contributed by atoms with Crippen molar-refractivity contribution in [1.29, 1.82) is 0 Å². The quantitative estimate of drug-likeness (QED) is 0.507.